The molecule has 1 aromatic heterocycles. The van der Waals surface area contributed by atoms with Crippen LogP contribution in [0.4, 0.5) is 15.3 Å². The number of H-pyrrole nitrogens is 1. The Morgan fingerprint density at radius 2 is 1.34 bits per heavy atom. The van der Waals surface area contributed by atoms with Crippen LogP contribution in [0.15, 0.2) is 60.8 Å². The summed E-state index contributed by atoms with van der Waals surface area (Å²) in [6.07, 6.45) is 0.475. The van der Waals surface area contributed by atoms with E-state index in [0.717, 1.165) is 0 Å². The Morgan fingerprint density at radius 3 is 1.91 bits per heavy atom. The first-order valence-electron chi connectivity index (χ1n) is 34.7. The molecule has 30 heteroatoms. The maximum absolute atomic E-state index is 14.8. The predicted octanol–water partition coefficient (Wildman–Crippen LogP) is 4.37. The molecular formula is C70H113N13O17. The van der Waals surface area contributed by atoms with Gasteiger partial charge in [0.25, 0.3) is 0 Å². The summed E-state index contributed by atoms with van der Waals surface area (Å²) in [4.78, 5) is 128. The van der Waals surface area contributed by atoms with Gasteiger partial charge in [-0.1, -0.05) is 111 Å². The van der Waals surface area contributed by atoms with E-state index in [1.54, 1.807) is 115 Å². The predicted molar refractivity (Wildman–Crippen MR) is 372 cm³/mol. The van der Waals surface area contributed by atoms with Crippen LogP contribution in [0.25, 0.3) is 0 Å². The molecular weight excluding hydrogens is 1290 g/mol. The largest absolute Gasteiger partial charge is 0.445 e. The zero-order valence-corrected chi connectivity index (χ0v) is 61.0. The molecule has 1 aliphatic heterocycles. The molecule has 10 N–H and O–H groups in total. The Labute approximate surface area is 589 Å². The minimum absolute atomic E-state index is 0.0418. The molecule has 2 aromatic carbocycles. The molecule has 10 amide bonds. The van der Waals surface area contributed by atoms with E-state index in [1.165, 1.54) is 26.2 Å². The second-order valence-corrected chi connectivity index (χ2v) is 26.4. The third-order valence-corrected chi connectivity index (χ3v) is 17.8. The minimum atomic E-state index is -1.11. The van der Waals surface area contributed by atoms with Crippen molar-refractivity contribution in [2.75, 3.05) is 93.0 Å². The maximum Gasteiger partial charge on any atom is 0.410 e. The average molecular weight is 1410 g/mol. The summed E-state index contributed by atoms with van der Waals surface area (Å²) in [6.45, 7) is 20.8. The molecule has 0 aliphatic carbocycles. The second-order valence-electron chi connectivity index (χ2n) is 26.4. The van der Waals surface area contributed by atoms with Gasteiger partial charge in [0, 0.05) is 53.5 Å². The smallest absolute Gasteiger partial charge is 0.410 e. The van der Waals surface area contributed by atoms with Crippen LogP contribution in [-0.2, 0) is 79.9 Å². The number of likely N-dealkylation sites (N-methyl/N-ethyl adjacent to an activating group) is 2. The lowest BCUT2D eigenvalue weighted by Crippen LogP contribution is -2.60. The van der Waals surface area contributed by atoms with Crippen molar-refractivity contribution in [2.24, 2.45) is 35.3 Å². The monoisotopic (exact) mass is 1410 g/mol. The number of amides is 10. The molecule has 0 spiro atoms. The number of aromatic amines is 1. The number of hydrogen-bond donors (Lipinski definition) is 9. The summed E-state index contributed by atoms with van der Waals surface area (Å²) in [5, 5.41) is 37.8. The van der Waals surface area contributed by atoms with Crippen LogP contribution in [-0.4, -0.2) is 231 Å². The van der Waals surface area contributed by atoms with Crippen LogP contribution in [0.2, 0.25) is 0 Å². The van der Waals surface area contributed by atoms with Crippen molar-refractivity contribution in [2.45, 2.75) is 188 Å². The number of hydrogen-bond acceptors (Lipinski definition) is 19. The zero-order chi connectivity index (χ0) is 74.0. The van der Waals surface area contributed by atoms with Crippen molar-refractivity contribution >= 4 is 59.2 Å². The number of methoxy groups -OCH3 is 2. The molecule has 1 saturated heterocycles. The number of carbonyl (C=O) groups excluding carboxylic acids is 9. The number of ether oxygens (including phenoxy) is 7. The third-order valence-electron chi connectivity index (χ3n) is 17.8. The first kappa shape index (κ1) is 84.5. The van der Waals surface area contributed by atoms with Gasteiger partial charge in [-0.05, 0) is 79.5 Å². The lowest BCUT2D eigenvalue weighted by molar-refractivity contribution is -0.148. The number of nitrogens with one attached hydrogen (secondary N) is 7. The molecule has 12 atom stereocenters. The first-order chi connectivity index (χ1) is 47.6. The zero-order valence-electron chi connectivity index (χ0n) is 61.0. The average Bonchev–Trinajstić information content (AvgIpc) is 1.31. The number of urea groups is 1. The van der Waals surface area contributed by atoms with E-state index >= 15 is 0 Å². The first-order valence-corrected chi connectivity index (χ1v) is 34.7. The Morgan fingerprint density at radius 1 is 0.710 bits per heavy atom. The van der Waals surface area contributed by atoms with Gasteiger partial charge >= 0.3 is 12.1 Å². The molecule has 1 aliphatic rings. The Kier molecular flexibility index (Phi) is 37.5. The van der Waals surface area contributed by atoms with Crippen molar-refractivity contribution < 1.29 is 81.4 Å². The number of nitrogens with two attached hydrogens (primary N) is 1. The number of aliphatic hydroxyl groups excluding tert-OH is 1. The number of primary amides is 1. The fourth-order valence-corrected chi connectivity index (χ4v) is 12.0. The number of benzene rings is 2. The Balaban J connectivity index is 1.32. The van der Waals surface area contributed by atoms with Gasteiger partial charge in [-0.3, -0.25) is 38.5 Å². The van der Waals surface area contributed by atoms with E-state index in [2.05, 4.69) is 47.3 Å². The fraction of sp³-hybridized carbons (Fsp3) is 0.671. The van der Waals surface area contributed by atoms with Gasteiger partial charge in [0.05, 0.1) is 108 Å². The highest BCUT2D eigenvalue weighted by Crippen LogP contribution is 2.31. The topological polar surface area (TPSA) is 388 Å². The van der Waals surface area contributed by atoms with E-state index in [-0.39, 0.29) is 82.3 Å². The third kappa shape index (κ3) is 27.6. The molecule has 0 unspecified atom stereocenters. The Hall–Kier alpha value is -7.87. The van der Waals surface area contributed by atoms with Crippen molar-refractivity contribution in [3.05, 3.63) is 77.6 Å². The summed E-state index contributed by atoms with van der Waals surface area (Å²) in [5.74, 6) is -5.31. The van der Waals surface area contributed by atoms with Crippen molar-refractivity contribution in [1.82, 2.24) is 56.7 Å². The summed E-state index contributed by atoms with van der Waals surface area (Å²) >= 11 is 0. The SMILES string of the molecule is CC[C@H](C)[C@@H]([C@@H](CC(=O)N1CCC[C@H]1[C@H](OC)[C@@H](C)C(=O)N[C@H](C)[C@@H](O)c1ccccc1)OC)N(C)C(=O)[C@@H](NC(=O)[C@H](C(C)C)N(C)C(=O)OCc1ccc(NC(=O)[C@H](CCCNC(N)=O)NC(=O)[C@@H](NC(=O)CCOCCOCCOCCOCc2cn[nH]n2)C(C)C)cc1)C(C)C. The molecule has 560 valence electrons. The standard InChI is InChI=1S/C70H113N13O17/c1-15-46(8)61(55(94-13)39-57(85)83-31-20-24-54(83)63(95-14)47(9)64(87)74-48(10)62(86)50-21-17-16-18-22-50)81(11)68(91)59(44(4)5)78-67(90)60(45(6)7)82(12)70(93)100-41-49-25-27-51(28-26-49)75-65(88)53(23-19-30-72-69(71)92)76-66(89)58(43(2)3)77-56(84)29-32-96-33-34-97-35-36-98-37-38-99-42-52-40-73-80-79-52/h16-18,21-22,25-28,40,43-48,53-55,58-63,86H,15,19-20,23-24,29-39,41-42H2,1-14H3,(H,74,87)(H,75,88)(H,76,89)(H,77,84)(H,78,90)(H3,71,72,92)(H,73,79,80)/t46-,47+,48+,53-,54-,55+,58-,59-,60-,61-,62+,63+/m0/s1. The summed E-state index contributed by atoms with van der Waals surface area (Å²) in [5.41, 5.74) is 7.49. The highest BCUT2D eigenvalue weighted by molar-refractivity contribution is 5.98. The van der Waals surface area contributed by atoms with Gasteiger partial charge in [-0.15, -0.1) is 0 Å². The van der Waals surface area contributed by atoms with Gasteiger partial charge in [0.15, 0.2) is 0 Å². The highest BCUT2D eigenvalue weighted by Gasteiger charge is 2.44. The number of nitrogens with zero attached hydrogens (tertiary/aromatic N) is 5. The van der Waals surface area contributed by atoms with E-state index in [4.69, 9.17) is 38.9 Å². The van der Waals surface area contributed by atoms with Gasteiger partial charge < -0.3 is 85.7 Å². The molecule has 2 heterocycles. The van der Waals surface area contributed by atoms with Gasteiger partial charge in [0.2, 0.25) is 41.4 Å². The van der Waals surface area contributed by atoms with Crippen molar-refractivity contribution in [3.8, 4) is 0 Å². The van der Waals surface area contributed by atoms with Crippen LogP contribution in [0, 0.1) is 29.6 Å². The van der Waals surface area contributed by atoms with Crippen LogP contribution < -0.4 is 37.6 Å². The van der Waals surface area contributed by atoms with Crippen molar-refractivity contribution in [1.29, 1.82) is 0 Å². The Bertz CT molecular complexity index is 2970. The quantitative estimate of drug-likeness (QED) is 0.0355. The highest BCUT2D eigenvalue weighted by atomic mass is 16.6. The molecule has 4 rings (SSSR count). The van der Waals surface area contributed by atoms with Crippen LogP contribution >= 0.6 is 0 Å². The number of anilines is 1. The molecule has 3 aromatic rings. The maximum atomic E-state index is 14.8. The number of aliphatic hydroxyl groups is 1. The van der Waals surface area contributed by atoms with Crippen LogP contribution in [0.1, 0.15) is 137 Å². The molecule has 100 heavy (non-hydrogen) atoms. The summed E-state index contributed by atoms with van der Waals surface area (Å²) in [7, 11) is 6.09. The van der Waals surface area contributed by atoms with E-state index in [0.29, 0.717) is 81.3 Å². The molecule has 30 nitrogen and oxygen atoms in total. The second kappa shape index (κ2) is 44.4. The van der Waals surface area contributed by atoms with Crippen LogP contribution in [0.5, 0.6) is 0 Å². The summed E-state index contributed by atoms with van der Waals surface area (Å²) < 4.78 is 39.8. The van der Waals surface area contributed by atoms with Crippen molar-refractivity contribution in [3.63, 3.8) is 0 Å². The van der Waals surface area contributed by atoms with E-state index in [9.17, 15) is 48.3 Å². The molecule has 0 saturated carbocycles. The van der Waals surface area contributed by atoms with E-state index < -0.39 is 120 Å². The molecule has 1 fully saturated rings. The number of carbonyl (C=O) groups is 9. The summed E-state index contributed by atoms with van der Waals surface area (Å²) in [6, 6.07) is 8.77. The number of aromatic nitrogens is 3. The van der Waals surface area contributed by atoms with Gasteiger partial charge in [-0.25, -0.2) is 9.59 Å². The minimum Gasteiger partial charge on any atom is -0.445 e. The van der Waals surface area contributed by atoms with E-state index in [1.807, 2.05) is 32.0 Å². The normalized spacial score (nSPS) is 16.4. The lowest BCUT2D eigenvalue weighted by Gasteiger charge is -2.41. The lowest BCUT2D eigenvalue weighted by atomic mass is 9.89. The number of rotatable bonds is 46. The molecule has 0 bridgehead atoms. The van der Waals surface area contributed by atoms with Gasteiger partial charge in [0.1, 0.15) is 36.5 Å². The number of likely N-dealkylation sites (tertiary alicyclic amines) is 1. The molecule has 0 radical (unpaired) electrons. The fourth-order valence-electron chi connectivity index (χ4n) is 12.0. The van der Waals surface area contributed by atoms with Gasteiger partial charge in [-0.2, -0.15) is 15.4 Å². The van der Waals surface area contributed by atoms with Crippen LogP contribution in [0.3, 0.4) is 0 Å².